The van der Waals surface area contributed by atoms with Crippen molar-refractivity contribution in [1.29, 1.82) is 5.26 Å². The zero-order valence-electron chi connectivity index (χ0n) is 10.6. The molecule has 0 aromatic heterocycles. The molecule has 1 aliphatic rings. The van der Waals surface area contributed by atoms with Crippen LogP contribution < -0.4 is 5.73 Å². The summed E-state index contributed by atoms with van der Waals surface area (Å²) < 4.78 is 5.68. The Morgan fingerprint density at radius 2 is 1.94 bits per heavy atom. The van der Waals surface area contributed by atoms with Gasteiger partial charge in [-0.05, 0) is 24.3 Å². The Labute approximate surface area is 109 Å². The Kier molecular flexibility index (Phi) is 4.35. The predicted molar refractivity (Wildman–Crippen MR) is 70.7 cm³/mol. The van der Waals surface area contributed by atoms with Crippen LogP contribution in [0.2, 0.25) is 0 Å². The van der Waals surface area contributed by atoms with Gasteiger partial charge in [0.2, 0.25) is 0 Å². The number of hydrogen-bond donors (Lipinski definition) is 1. The summed E-state index contributed by atoms with van der Waals surface area (Å²) in [5.74, 6) is 0.656. The number of hydrogen-bond acceptors (Lipinski definition) is 3. The van der Waals surface area contributed by atoms with E-state index in [0.29, 0.717) is 5.92 Å². The SMILES string of the molecule is N#CC(N)(COCC1CCCC1)c1ccccc1. The first-order valence-corrected chi connectivity index (χ1v) is 6.58. The summed E-state index contributed by atoms with van der Waals surface area (Å²) >= 11 is 0. The topological polar surface area (TPSA) is 59.0 Å². The Morgan fingerprint density at radius 1 is 1.28 bits per heavy atom. The Hall–Kier alpha value is -1.37. The molecular formula is C15H20N2O. The van der Waals surface area contributed by atoms with Crippen molar-refractivity contribution in [2.75, 3.05) is 13.2 Å². The monoisotopic (exact) mass is 244 g/mol. The fraction of sp³-hybridized carbons (Fsp3) is 0.533. The van der Waals surface area contributed by atoms with E-state index in [0.717, 1.165) is 12.2 Å². The number of nitrogens with zero attached hydrogens (tertiary/aromatic N) is 1. The molecule has 1 saturated carbocycles. The third-order valence-corrected chi connectivity index (χ3v) is 3.65. The molecule has 0 spiro atoms. The smallest absolute Gasteiger partial charge is 0.153 e. The van der Waals surface area contributed by atoms with E-state index >= 15 is 0 Å². The molecule has 0 bridgehead atoms. The largest absolute Gasteiger partial charge is 0.378 e. The highest BCUT2D eigenvalue weighted by Crippen LogP contribution is 2.25. The van der Waals surface area contributed by atoms with Crippen molar-refractivity contribution in [3.63, 3.8) is 0 Å². The van der Waals surface area contributed by atoms with E-state index in [4.69, 9.17) is 10.5 Å². The van der Waals surface area contributed by atoms with Crippen LogP contribution in [0.1, 0.15) is 31.2 Å². The van der Waals surface area contributed by atoms with Crippen molar-refractivity contribution in [1.82, 2.24) is 0 Å². The molecule has 3 nitrogen and oxygen atoms in total. The van der Waals surface area contributed by atoms with Gasteiger partial charge in [0.25, 0.3) is 0 Å². The van der Waals surface area contributed by atoms with Gasteiger partial charge in [-0.25, -0.2) is 0 Å². The van der Waals surface area contributed by atoms with Crippen LogP contribution in [-0.4, -0.2) is 13.2 Å². The minimum absolute atomic E-state index is 0.268. The third-order valence-electron chi connectivity index (χ3n) is 3.65. The lowest BCUT2D eigenvalue weighted by Gasteiger charge is -2.22. The molecule has 1 fully saturated rings. The van der Waals surface area contributed by atoms with E-state index in [2.05, 4.69) is 6.07 Å². The summed E-state index contributed by atoms with van der Waals surface area (Å²) in [4.78, 5) is 0. The molecule has 1 aliphatic carbocycles. The van der Waals surface area contributed by atoms with Crippen LogP contribution in [0, 0.1) is 17.2 Å². The van der Waals surface area contributed by atoms with Crippen molar-refractivity contribution in [2.45, 2.75) is 31.2 Å². The molecule has 3 heteroatoms. The zero-order chi connectivity index (χ0) is 12.8. The fourth-order valence-corrected chi connectivity index (χ4v) is 2.48. The number of nitrogens with two attached hydrogens (primary N) is 1. The van der Waals surface area contributed by atoms with Gasteiger partial charge in [-0.1, -0.05) is 43.2 Å². The Balaban J connectivity index is 1.90. The minimum Gasteiger partial charge on any atom is -0.378 e. The first kappa shape index (κ1) is 13.1. The highest BCUT2D eigenvalue weighted by Gasteiger charge is 2.28. The van der Waals surface area contributed by atoms with E-state index in [1.807, 2.05) is 30.3 Å². The predicted octanol–water partition coefficient (Wildman–Crippen LogP) is 2.57. The van der Waals surface area contributed by atoms with E-state index in [1.54, 1.807) is 0 Å². The van der Waals surface area contributed by atoms with Gasteiger partial charge in [-0.15, -0.1) is 0 Å². The summed E-state index contributed by atoms with van der Waals surface area (Å²) in [6.45, 7) is 0.997. The summed E-state index contributed by atoms with van der Waals surface area (Å²) in [7, 11) is 0. The fourth-order valence-electron chi connectivity index (χ4n) is 2.48. The lowest BCUT2D eigenvalue weighted by atomic mass is 9.93. The highest BCUT2D eigenvalue weighted by atomic mass is 16.5. The number of benzene rings is 1. The summed E-state index contributed by atoms with van der Waals surface area (Å²) in [6, 6.07) is 11.6. The van der Waals surface area contributed by atoms with Gasteiger partial charge < -0.3 is 10.5 Å². The first-order valence-electron chi connectivity index (χ1n) is 6.58. The highest BCUT2D eigenvalue weighted by molar-refractivity contribution is 5.30. The minimum atomic E-state index is -1.03. The molecule has 1 aromatic carbocycles. The molecule has 0 saturated heterocycles. The average molecular weight is 244 g/mol. The van der Waals surface area contributed by atoms with Crippen molar-refractivity contribution in [3.8, 4) is 6.07 Å². The van der Waals surface area contributed by atoms with Gasteiger partial charge in [0.15, 0.2) is 5.54 Å². The maximum Gasteiger partial charge on any atom is 0.153 e. The molecule has 0 radical (unpaired) electrons. The molecule has 2 rings (SSSR count). The maximum absolute atomic E-state index is 9.28. The Morgan fingerprint density at radius 3 is 2.56 bits per heavy atom. The standard InChI is InChI=1S/C15H20N2O/c16-11-15(17,14-8-2-1-3-9-14)12-18-10-13-6-4-5-7-13/h1-3,8-9,13H,4-7,10,12,17H2. The second-order valence-corrected chi connectivity index (χ2v) is 5.11. The molecule has 1 unspecified atom stereocenters. The molecule has 96 valence electrons. The molecule has 1 aromatic rings. The van der Waals surface area contributed by atoms with Gasteiger partial charge in [-0.3, -0.25) is 0 Å². The van der Waals surface area contributed by atoms with Crippen molar-refractivity contribution < 1.29 is 4.74 Å². The molecule has 18 heavy (non-hydrogen) atoms. The quantitative estimate of drug-likeness (QED) is 0.866. The second kappa shape index (κ2) is 5.99. The molecule has 2 N–H and O–H groups in total. The number of nitriles is 1. The van der Waals surface area contributed by atoms with Crippen LogP contribution in [0.4, 0.5) is 0 Å². The van der Waals surface area contributed by atoms with Gasteiger partial charge in [0, 0.05) is 6.61 Å². The van der Waals surface area contributed by atoms with Crippen LogP contribution in [0.5, 0.6) is 0 Å². The van der Waals surface area contributed by atoms with Crippen LogP contribution in [0.25, 0.3) is 0 Å². The van der Waals surface area contributed by atoms with Crippen LogP contribution in [0.15, 0.2) is 30.3 Å². The lowest BCUT2D eigenvalue weighted by molar-refractivity contribution is 0.0750. The first-order chi connectivity index (χ1) is 8.74. The molecule has 0 aliphatic heterocycles. The normalized spacial score (nSPS) is 19.3. The number of ether oxygens (including phenoxy) is 1. The average Bonchev–Trinajstić information content (AvgIpc) is 2.93. The second-order valence-electron chi connectivity index (χ2n) is 5.11. The molecular weight excluding hydrogens is 224 g/mol. The van der Waals surface area contributed by atoms with Crippen LogP contribution >= 0.6 is 0 Å². The lowest BCUT2D eigenvalue weighted by Crippen LogP contribution is -2.40. The van der Waals surface area contributed by atoms with Crippen molar-refractivity contribution in [2.24, 2.45) is 11.7 Å². The summed E-state index contributed by atoms with van der Waals surface area (Å²) in [5, 5.41) is 9.28. The zero-order valence-corrected chi connectivity index (χ0v) is 10.6. The van der Waals surface area contributed by atoms with E-state index in [9.17, 15) is 5.26 Å². The van der Waals surface area contributed by atoms with Gasteiger partial charge >= 0.3 is 0 Å². The van der Waals surface area contributed by atoms with Gasteiger partial charge in [0.1, 0.15) is 0 Å². The van der Waals surface area contributed by atoms with Crippen LogP contribution in [-0.2, 0) is 10.3 Å². The van der Waals surface area contributed by atoms with Gasteiger partial charge in [0.05, 0.1) is 12.7 Å². The van der Waals surface area contributed by atoms with Crippen molar-refractivity contribution >= 4 is 0 Å². The van der Waals surface area contributed by atoms with Gasteiger partial charge in [-0.2, -0.15) is 5.26 Å². The van der Waals surface area contributed by atoms with Crippen molar-refractivity contribution in [3.05, 3.63) is 35.9 Å². The summed E-state index contributed by atoms with van der Waals surface area (Å²) in [5.41, 5.74) is 5.91. The summed E-state index contributed by atoms with van der Waals surface area (Å²) in [6.07, 6.45) is 5.10. The van der Waals surface area contributed by atoms with E-state index < -0.39 is 5.54 Å². The number of rotatable bonds is 5. The van der Waals surface area contributed by atoms with E-state index in [1.165, 1.54) is 25.7 Å². The Bertz CT molecular complexity index is 406. The molecule has 0 amide bonds. The molecule has 0 heterocycles. The maximum atomic E-state index is 9.28. The molecule has 1 atom stereocenters. The third kappa shape index (κ3) is 3.10. The van der Waals surface area contributed by atoms with Crippen LogP contribution in [0.3, 0.4) is 0 Å². The van der Waals surface area contributed by atoms with E-state index in [-0.39, 0.29) is 6.61 Å².